The summed E-state index contributed by atoms with van der Waals surface area (Å²) in [5.74, 6) is -0.930. The van der Waals surface area contributed by atoms with Gasteiger partial charge in [-0.15, -0.1) is 0 Å². The van der Waals surface area contributed by atoms with E-state index in [1.165, 1.54) is 4.90 Å². The first-order valence-electron chi connectivity index (χ1n) is 7.93. The number of carbonyl (C=O) groups is 3. The van der Waals surface area contributed by atoms with Crippen LogP contribution in [0, 0.1) is 0 Å². The lowest BCUT2D eigenvalue weighted by atomic mass is 9.96. The molecule has 2 heterocycles. The second-order valence-electron chi connectivity index (χ2n) is 5.92. The number of carbonyl (C=O) groups excluding carboxylic acids is 3. The number of ether oxygens (including phenoxy) is 1. The molecule has 2 aromatic rings. The van der Waals surface area contributed by atoms with E-state index in [2.05, 4.69) is 11.9 Å². The molecule has 1 N–H and O–H groups in total. The minimum Gasteiger partial charge on any atom is -0.423 e. The fraction of sp³-hybridized carbons (Fsp3) is 0.0500. The van der Waals surface area contributed by atoms with Gasteiger partial charge in [0.25, 0.3) is 11.8 Å². The van der Waals surface area contributed by atoms with Gasteiger partial charge >= 0.3 is 5.97 Å². The molecule has 128 valence electrons. The third-order valence-electron chi connectivity index (χ3n) is 4.42. The summed E-state index contributed by atoms with van der Waals surface area (Å²) in [5, 5.41) is 2.78. The van der Waals surface area contributed by atoms with Crippen LogP contribution in [0.25, 0.3) is 11.1 Å². The Bertz CT molecular complexity index is 1040. The summed E-state index contributed by atoms with van der Waals surface area (Å²) in [6, 6.07) is 12.1. The molecule has 0 saturated carbocycles. The van der Waals surface area contributed by atoms with Crippen molar-refractivity contribution in [3.05, 3.63) is 66.2 Å². The average molecular weight is 346 g/mol. The number of likely N-dealkylation sites (N-methyl/N-ethyl adjacent to an activating group) is 1. The predicted molar refractivity (Wildman–Crippen MR) is 97.6 cm³/mol. The predicted octanol–water partition coefficient (Wildman–Crippen LogP) is 2.62. The van der Waals surface area contributed by atoms with E-state index >= 15 is 0 Å². The molecule has 0 spiro atoms. The normalized spacial score (nSPS) is 17.7. The van der Waals surface area contributed by atoms with Crippen molar-refractivity contribution in [1.82, 2.24) is 0 Å². The van der Waals surface area contributed by atoms with E-state index in [4.69, 9.17) is 4.74 Å². The van der Waals surface area contributed by atoms with Crippen molar-refractivity contribution >= 4 is 40.3 Å². The molecule has 6 nitrogen and oxygen atoms in total. The van der Waals surface area contributed by atoms with Crippen LogP contribution in [-0.4, -0.2) is 24.8 Å². The highest BCUT2D eigenvalue weighted by Crippen LogP contribution is 2.45. The van der Waals surface area contributed by atoms with Gasteiger partial charge in [0.1, 0.15) is 5.75 Å². The van der Waals surface area contributed by atoms with Crippen LogP contribution in [0.1, 0.15) is 11.1 Å². The number of hydrogen-bond acceptors (Lipinski definition) is 4. The summed E-state index contributed by atoms with van der Waals surface area (Å²) < 4.78 is 5.16. The summed E-state index contributed by atoms with van der Waals surface area (Å²) in [5.41, 5.74) is 3.15. The third kappa shape index (κ3) is 2.23. The molecule has 0 unspecified atom stereocenters. The summed E-state index contributed by atoms with van der Waals surface area (Å²) in [4.78, 5) is 38.4. The van der Waals surface area contributed by atoms with E-state index < -0.39 is 5.97 Å². The Balaban J connectivity index is 1.94. The fourth-order valence-corrected chi connectivity index (χ4v) is 3.23. The Hall–Kier alpha value is -3.67. The molecule has 0 atom stereocenters. The van der Waals surface area contributed by atoms with Gasteiger partial charge in [0.15, 0.2) is 0 Å². The van der Waals surface area contributed by atoms with Crippen LogP contribution in [0.5, 0.6) is 5.75 Å². The molecule has 0 aliphatic carbocycles. The highest BCUT2D eigenvalue weighted by Gasteiger charge is 2.38. The van der Waals surface area contributed by atoms with Gasteiger partial charge in [-0.05, 0) is 24.3 Å². The molecule has 26 heavy (non-hydrogen) atoms. The first-order valence-corrected chi connectivity index (χ1v) is 7.93. The monoisotopic (exact) mass is 346 g/mol. The van der Waals surface area contributed by atoms with Crippen molar-refractivity contribution in [2.75, 3.05) is 17.3 Å². The van der Waals surface area contributed by atoms with Crippen LogP contribution in [0.2, 0.25) is 0 Å². The van der Waals surface area contributed by atoms with Gasteiger partial charge in [-0.3, -0.25) is 9.59 Å². The largest absolute Gasteiger partial charge is 0.423 e. The van der Waals surface area contributed by atoms with Crippen molar-refractivity contribution in [3.8, 4) is 5.75 Å². The Morgan fingerprint density at radius 3 is 2.65 bits per heavy atom. The number of rotatable bonds is 2. The molecule has 2 aliphatic heterocycles. The Morgan fingerprint density at radius 2 is 1.88 bits per heavy atom. The van der Waals surface area contributed by atoms with Crippen LogP contribution < -0.4 is 15.0 Å². The fourth-order valence-electron chi connectivity index (χ4n) is 3.23. The minimum absolute atomic E-state index is 0.279. The SMILES string of the molecule is C=CC(=O)Oc1ccc2c(c1)/C(=C1\C(=O)Nc3ccccc31)C(=O)N2C. The van der Waals surface area contributed by atoms with Gasteiger partial charge < -0.3 is 15.0 Å². The number of hydrogen-bond donors (Lipinski definition) is 1. The van der Waals surface area contributed by atoms with Crippen molar-refractivity contribution in [1.29, 1.82) is 0 Å². The lowest BCUT2D eigenvalue weighted by Gasteiger charge is -2.09. The molecule has 6 heteroatoms. The number of benzene rings is 2. The number of esters is 1. The van der Waals surface area contributed by atoms with Gasteiger partial charge in [-0.2, -0.15) is 0 Å². The smallest absolute Gasteiger partial charge is 0.335 e. The Morgan fingerprint density at radius 1 is 1.12 bits per heavy atom. The van der Waals surface area contributed by atoms with Gasteiger partial charge in [-0.25, -0.2) is 4.79 Å². The number of para-hydroxylation sites is 1. The van der Waals surface area contributed by atoms with Gasteiger partial charge in [-0.1, -0.05) is 24.8 Å². The van der Waals surface area contributed by atoms with E-state index in [0.717, 1.165) is 6.08 Å². The van der Waals surface area contributed by atoms with Crippen LogP contribution in [0.4, 0.5) is 11.4 Å². The summed E-state index contributed by atoms with van der Waals surface area (Å²) >= 11 is 0. The molecule has 0 radical (unpaired) electrons. The number of amides is 2. The Kier molecular flexibility index (Phi) is 3.47. The quantitative estimate of drug-likeness (QED) is 0.515. The lowest BCUT2D eigenvalue weighted by molar-refractivity contribution is -0.129. The zero-order valence-electron chi connectivity index (χ0n) is 13.9. The van der Waals surface area contributed by atoms with Crippen LogP contribution >= 0.6 is 0 Å². The summed E-state index contributed by atoms with van der Waals surface area (Å²) in [6.45, 7) is 3.37. The molecule has 2 aliphatic rings. The number of fused-ring (bicyclic) bond motifs is 2. The van der Waals surface area contributed by atoms with Crippen molar-refractivity contribution in [2.24, 2.45) is 0 Å². The minimum atomic E-state index is -0.596. The van der Waals surface area contributed by atoms with Gasteiger partial charge in [0.05, 0.1) is 16.8 Å². The molecule has 0 fully saturated rings. The van der Waals surface area contributed by atoms with E-state index in [1.807, 2.05) is 12.1 Å². The van der Waals surface area contributed by atoms with Crippen LogP contribution in [0.15, 0.2) is 55.1 Å². The van der Waals surface area contributed by atoms with E-state index in [1.54, 1.807) is 37.4 Å². The first kappa shape index (κ1) is 15.8. The average Bonchev–Trinajstić information content (AvgIpc) is 3.08. The van der Waals surface area contributed by atoms with Crippen molar-refractivity contribution < 1.29 is 19.1 Å². The van der Waals surface area contributed by atoms with Crippen LogP contribution in [-0.2, 0) is 14.4 Å². The van der Waals surface area contributed by atoms with E-state index in [9.17, 15) is 14.4 Å². The second-order valence-corrected chi connectivity index (χ2v) is 5.92. The number of nitrogens with one attached hydrogen (secondary N) is 1. The number of nitrogens with zero attached hydrogens (tertiary/aromatic N) is 1. The van der Waals surface area contributed by atoms with E-state index in [0.29, 0.717) is 33.6 Å². The maximum Gasteiger partial charge on any atom is 0.335 e. The van der Waals surface area contributed by atoms with Crippen LogP contribution in [0.3, 0.4) is 0 Å². The topological polar surface area (TPSA) is 75.7 Å². The molecule has 0 bridgehead atoms. The molecule has 0 saturated heterocycles. The molecular formula is C20H14N2O4. The highest BCUT2D eigenvalue weighted by atomic mass is 16.5. The zero-order valence-corrected chi connectivity index (χ0v) is 13.9. The Labute approximate surface area is 149 Å². The van der Waals surface area contributed by atoms with Crippen molar-refractivity contribution in [2.45, 2.75) is 0 Å². The summed E-state index contributed by atoms with van der Waals surface area (Å²) in [7, 11) is 1.64. The molecule has 2 amide bonds. The second kappa shape index (κ2) is 5.70. The molecule has 4 rings (SSSR count). The molecule has 2 aromatic carbocycles. The zero-order chi connectivity index (χ0) is 18.4. The third-order valence-corrected chi connectivity index (χ3v) is 4.42. The standard InChI is InChI=1S/C20H14N2O4/c1-3-16(23)26-11-8-9-15-13(10-11)18(20(25)22(15)2)17-12-6-4-5-7-14(12)21-19(17)24/h3-10H,1H2,2H3,(H,21,24)/b18-17+. The maximum absolute atomic E-state index is 12.9. The molecule has 0 aromatic heterocycles. The van der Waals surface area contributed by atoms with Gasteiger partial charge in [0.2, 0.25) is 0 Å². The van der Waals surface area contributed by atoms with Crippen molar-refractivity contribution in [3.63, 3.8) is 0 Å². The first-order chi connectivity index (χ1) is 12.5. The molecular weight excluding hydrogens is 332 g/mol. The van der Waals surface area contributed by atoms with E-state index in [-0.39, 0.29) is 17.6 Å². The maximum atomic E-state index is 12.9. The number of anilines is 2. The van der Waals surface area contributed by atoms with Gasteiger partial charge in [0, 0.05) is 29.9 Å². The summed E-state index contributed by atoms with van der Waals surface area (Å²) in [6.07, 6.45) is 1.06. The highest BCUT2D eigenvalue weighted by molar-refractivity contribution is 6.49. The lowest BCUT2D eigenvalue weighted by Crippen LogP contribution is -2.21.